The first-order valence-electron chi connectivity index (χ1n) is 14.0. The highest BCUT2D eigenvalue weighted by molar-refractivity contribution is 9.10. The van der Waals surface area contributed by atoms with Crippen molar-refractivity contribution >= 4 is 68.2 Å². The predicted octanol–water partition coefficient (Wildman–Crippen LogP) is 5.16. The van der Waals surface area contributed by atoms with E-state index in [2.05, 4.69) is 63.6 Å². The second kappa shape index (κ2) is 10.8. The standard InChI is InChI=1S/C30H31BrN9O3P/c1-39-13-18(11-35-39)19-9-23(25(42-2)10-24(19)40-14-30(15-40)16-43-17-30)37-29-34-12-20(31)28(38-29)36-22-6-5-21-26(33-8-7-32-21)27(22)44(3,4)41/h5-13H,14-17H2,1-4H3,(H2,34,36,37,38). The van der Waals surface area contributed by atoms with E-state index in [9.17, 15) is 4.57 Å². The van der Waals surface area contributed by atoms with E-state index >= 15 is 0 Å². The average molecular weight is 677 g/mol. The van der Waals surface area contributed by atoms with Gasteiger partial charge in [-0.25, -0.2) is 4.98 Å². The van der Waals surface area contributed by atoms with E-state index in [1.54, 1.807) is 43.7 Å². The van der Waals surface area contributed by atoms with Crippen LogP contribution in [0.2, 0.25) is 0 Å². The number of halogens is 1. The molecule has 0 radical (unpaired) electrons. The topological polar surface area (TPSA) is 132 Å². The van der Waals surface area contributed by atoms with Gasteiger partial charge in [0, 0.05) is 67.8 Å². The van der Waals surface area contributed by atoms with Gasteiger partial charge in [-0.3, -0.25) is 14.6 Å². The van der Waals surface area contributed by atoms with Crippen LogP contribution >= 0.6 is 23.1 Å². The number of rotatable bonds is 8. The minimum absolute atomic E-state index is 0.256. The number of benzene rings is 2. The van der Waals surface area contributed by atoms with Gasteiger partial charge in [0.05, 0.1) is 58.6 Å². The summed E-state index contributed by atoms with van der Waals surface area (Å²) in [5.74, 6) is 1.51. The number of hydrogen-bond donors (Lipinski definition) is 2. The number of aryl methyl sites for hydroxylation is 1. The molecular formula is C30H31BrN9O3P. The highest BCUT2D eigenvalue weighted by Gasteiger charge is 2.49. The number of hydrogen-bond acceptors (Lipinski definition) is 11. The van der Waals surface area contributed by atoms with Crippen molar-refractivity contribution in [2.24, 2.45) is 12.5 Å². The number of nitrogens with one attached hydrogen (secondary N) is 2. The fraction of sp³-hybridized carbons (Fsp3) is 0.300. The lowest BCUT2D eigenvalue weighted by Gasteiger charge is -2.56. The number of ether oxygens (including phenoxy) is 2. The van der Waals surface area contributed by atoms with Gasteiger partial charge in [0.25, 0.3) is 0 Å². The van der Waals surface area contributed by atoms with E-state index < -0.39 is 7.14 Å². The first-order valence-corrected chi connectivity index (χ1v) is 17.4. The summed E-state index contributed by atoms with van der Waals surface area (Å²) in [4.78, 5) is 20.5. The van der Waals surface area contributed by atoms with Crippen LogP contribution in [0.4, 0.5) is 28.8 Å². The Kier molecular flexibility index (Phi) is 7.06. The smallest absolute Gasteiger partial charge is 0.229 e. The normalized spacial score (nSPS) is 15.6. The number of fused-ring (bicyclic) bond motifs is 1. The molecule has 2 N–H and O–H groups in total. The van der Waals surface area contributed by atoms with Crippen LogP contribution in [0.25, 0.3) is 22.2 Å². The van der Waals surface area contributed by atoms with Crippen molar-refractivity contribution in [2.75, 3.05) is 62.3 Å². The van der Waals surface area contributed by atoms with Crippen molar-refractivity contribution in [1.82, 2.24) is 29.7 Å². The van der Waals surface area contributed by atoms with Crippen LogP contribution < -0.4 is 25.6 Å². The summed E-state index contributed by atoms with van der Waals surface area (Å²) in [7, 11) is 0.803. The molecule has 2 fully saturated rings. The monoisotopic (exact) mass is 675 g/mol. The molecule has 44 heavy (non-hydrogen) atoms. The van der Waals surface area contributed by atoms with Crippen molar-refractivity contribution in [3.63, 3.8) is 0 Å². The lowest BCUT2D eigenvalue weighted by molar-refractivity contribution is -0.127. The molecule has 3 aromatic heterocycles. The van der Waals surface area contributed by atoms with E-state index in [1.807, 2.05) is 31.6 Å². The SMILES string of the molecule is COc1cc(N2CC3(COC3)C2)c(-c2cnn(C)c2)cc1Nc1ncc(Br)c(Nc2ccc3nccnc3c2P(C)(C)=O)n1. The molecule has 0 atom stereocenters. The number of anilines is 5. The first-order chi connectivity index (χ1) is 21.1. The summed E-state index contributed by atoms with van der Waals surface area (Å²) in [5.41, 5.74) is 5.97. The maximum absolute atomic E-state index is 13.4. The summed E-state index contributed by atoms with van der Waals surface area (Å²) in [6.45, 7) is 6.93. The Hall–Kier alpha value is -4.06. The lowest BCUT2D eigenvalue weighted by atomic mass is 9.77. The van der Waals surface area contributed by atoms with Crippen LogP contribution in [0, 0.1) is 5.41 Å². The fourth-order valence-electron chi connectivity index (χ4n) is 5.83. The molecule has 2 aliphatic heterocycles. The quantitative estimate of drug-likeness (QED) is 0.211. The van der Waals surface area contributed by atoms with Crippen LogP contribution in [0.3, 0.4) is 0 Å². The van der Waals surface area contributed by atoms with Crippen molar-refractivity contribution in [2.45, 2.75) is 0 Å². The van der Waals surface area contributed by atoms with Gasteiger partial charge in [0.15, 0.2) is 0 Å². The van der Waals surface area contributed by atoms with E-state index in [4.69, 9.17) is 14.5 Å². The highest BCUT2D eigenvalue weighted by atomic mass is 79.9. The minimum atomic E-state index is -2.75. The molecule has 0 aliphatic carbocycles. The summed E-state index contributed by atoms with van der Waals surface area (Å²) in [6.07, 6.45) is 8.76. The Labute approximate surface area is 262 Å². The third kappa shape index (κ3) is 5.18. The second-order valence-corrected chi connectivity index (χ2v) is 15.7. The molecule has 14 heteroatoms. The largest absolute Gasteiger partial charge is 0.494 e. The minimum Gasteiger partial charge on any atom is -0.494 e. The maximum Gasteiger partial charge on any atom is 0.229 e. The van der Waals surface area contributed by atoms with E-state index in [1.165, 1.54) is 0 Å². The Morgan fingerprint density at radius 1 is 1.05 bits per heavy atom. The zero-order chi connectivity index (χ0) is 30.6. The number of nitrogens with zero attached hydrogens (tertiary/aromatic N) is 7. The van der Waals surface area contributed by atoms with E-state index in [-0.39, 0.29) is 5.41 Å². The Morgan fingerprint density at radius 3 is 2.52 bits per heavy atom. The van der Waals surface area contributed by atoms with Gasteiger partial charge in [-0.05, 0) is 47.5 Å². The van der Waals surface area contributed by atoms with Gasteiger partial charge in [-0.2, -0.15) is 10.1 Å². The molecule has 0 amide bonds. The Bertz CT molecular complexity index is 1950. The third-order valence-electron chi connectivity index (χ3n) is 7.94. The number of aromatic nitrogens is 6. The summed E-state index contributed by atoms with van der Waals surface area (Å²) in [6, 6.07) is 7.81. The molecule has 12 nitrogen and oxygen atoms in total. The van der Waals surface area contributed by atoms with Crippen LogP contribution in [0.5, 0.6) is 5.75 Å². The molecule has 226 valence electrons. The van der Waals surface area contributed by atoms with Crippen molar-refractivity contribution < 1.29 is 14.0 Å². The van der Waals surface area contributed by atoms with Crippen molar-refractivity contribution in [3.8, 4) is 16.9 Å². The Morgan fingerprint density at radius 2 is 1.84 bits per heavy atom. The molecule has 0 bridgehead atoms. The van der Waals surface area contributed by atoms with Gasteiger partial charge in [-0.15, -0.1) is 0 Å². The average Bonchev–Trinajstić information content (AvgIpc) is 3.38. The van der Waals surface area contributed by atoms with Crippen LogP contribution in [0.15, 0.2) is 59.7 Å². The van der Waals surface area contributed by atoms with Gasteiger partial charge in [-0.1, -0.05) is 0 Å². The van der Waals surface area contributed by atoms with Gasteiger partial charge in [0.1, 0.15) is 24.2 Å². The molecule has 1 spiro atoms. The zero-order valence-corrected chi connectivity index (χ0v) is 27.2. The van der Waals surface area contributed by atoms with E-state index in [0.717, 1.165) is 43.1 Å². The lowest BCUT2D eigenvalue weighted by Crippen LogP contribution is -2.66. The maximum atomic E-state index is 13.4. The van der Waals surface area contributed by atoms with Crippen LogP contribution in [-0.2, 0) is 16.3 Å². The molecule has 2 aliphatic rings. The summed E-state index contributed by atoms with van der Waals surface area (Å²) < 4.78 is 27.2. The van der Waals surface area contributed by atoms with Crippen molar-refractivity contribution in [3.05, 3.63) is 59.7 Å². The first kappa shape index (κ1) is 28.7. The second-order valence-electron chi connectivity index (χ2n) is 11.7. The van der Waals surface area contributed by atoms with Gasteiger partial charge in [0.2, 0.25) is 5.95 Å². The summed E-state index contributed by atoms with van der Waals surface area (Å²) >= 11 is 3.57. The molecule has 5 heterocycles. The highest BCUT2D eigenvalue weighted by Crippen LogP contribution is 2.47. The molecule has 2 aromatic carbocycles. The zero-order valence-electron chi connectivity index (χ0n) is 24.7. The fourth-order valence-corrected chi connectivity index (χ4v) is 7.51. The van der Waals surface area contributed by atoms with Crippen LogP contribution in [-0.4, -0.2) is 76.5 Å². The van der Waals surface area contributed by atoms with Crippen LogP contribution in [0.1, 0.15) is 0 Å². The molecule has 7 rings (SSSR count). The van der Waals surface area contributed by atoms with Crippen molar-refractivity contribution in [1.29, 1.82) is 0 Å². The summed E-state index contributed by atoms with van der Waals surface area (Å²) in [5, 5.41) is 11.7. The molecule has 0 unspecified atom stereocenters. The van der Waals surface area contributed by atoms with Gasteiger partial charge >= 0.3 is 0 Å². The predicted molar refractivity (Wildman–Crippen MR) is 176 cm³/mol. The molecular weight excluding hydrogens is 645 g/mol. The van der Waals surface area contributed by atoms with E-state index in [0.29, 0.717) is 49.7 Å². The molecule has 5 aromatic rings. The molecule has 2 saturated heterocycles. The Balaban J connectivity index is 1.24. The number of methoxy groups -OCH3 is 1. The third-order valence-corrected chi connectivity index (χ3v) is 10.0. The van der Waals surface area contributed by atoms with Gasteiger partial charge < -0.3 is 29.6 Å². The molecule has 0 saturated carbocycles.